The number of hydrogen-bond acceptors (Lipinski definition) is 3. The Bertz CT molecular complexity index is 636. The smallest absolute Gasteiger partial charge is 0.317 e. The van der Waals surface area contributed by atoms with E-state index in [0.29, 0.717) is 19.5 Å². The highest BCUT2D eigenvalue weighted by atomic mass is 32.2. The van der Waals surface area contributed by atoms with Crippen LogP contribution >= 0.6 is 0 Å². The summed E-state index contributed by atoms with van der Waals surface area (Å²) in [6.07, 6.45) is 0.386. The molecule has 1 saturated heterocycles. The van der Waals surface area contributed by atoms with Gasteiger partial charge in [0.15, 0.2) is 0 Å². The molecule has 0 unspecified atom stereocenters. The third-order valence-electron chi connectivity index (χ3n) is 3.61. The van der Waals surface area contributed by atoms with Crippen LogP contribution in [0.1, 0.15) is 12.5 Å². The number of urea groups is 1. The Labute approximate surface area is 129 Å². The number of amides is 2. The summed E-state index contributed by atoms with van der Waals surface area (Å²) in [5.74, 6) is -0.373. The lowest BCUT2D eigenvalue weighted by Crippen LogP contribution is -2.46. The molecule has 0 aliphatic carbocycles. The van der Waals surface area contributed by atoms with Crippen molar-refractivity contribution in [2.45, 2.75) is 19.4 Å². The maximum Gasteiger partial charge on any atom is 0.317 e. The molecule has 0 bridgehead atoms. The van der Waals surface area contributed by atoms with E-state index in [2.05, 4.69) is 10.0 Å². The van der Waals surface area contributed by atoms with E-state index in [4.69, 9.17) is 0 Å². The molecule has 22 heavy (non-hydrogen) atoms. The van der Waals surface area contributed by atoms with Crippen molar-refractivity contribution < 1.29 is 17.6 Å². The highest BCUT2D eigenvalue weighted by molar-refractivity contribution is 7.89. The number of carbonyl (C=O) groups is 1. The fraction of sp³-hybridized carbons (Fsp3) is 0.500. The molecule has 2 N–H and O–H groups in total. The SMILES string of the molecule is CCS(=O)(=O)NC[C@@H](Cc1cccc(F)c1)N1CCNC1=O. The van der Waals surface area contributed by atoms with Crippen molar-refractivity contribution in [3.8, 4) is 0 Å². The molecular formula is C14H20FN3O3S. The van der Waals surface area contributed by atoms with Gasteiger partial charge in [0, 0.05) is 19.6 Å². The van der Waals surface area contributed by atoms with Crippen molar-refractivity contribution in [3.05, 3.63) is 35.6 Å². The average Bonchev–Trinajstić information content (AvgIpc) is 2.90. The topological polar surface area (TPSA) is 78.5 Å². The Morgan fingerprint density at radius 2 is 2.23 bits per heavy atom. The quantitative estimate of drug-likeness (QED) is 0.773. The number of rotatable bonds is 7. The van der Waals surface area contributed by atoms with Gasteiger partial charge in [0.25, 0.3) is 0 Å². The van der Waals surface area contributed by atoms with Crippen molar-refractivity contribution in [3.63, 3.8) is 0 Å². The van der Waals surface area contributed by atoms with E-state index in [0.717, 1.165) is 5.56 Å². The minimum Gasteiger partial charge on any atom is -0.336 e. The van der Waals surface area contributed by atoms with E-state index in [1.54, 1.807) is 24.0 Å². The summed E-state index contributed by atoms with van der Waals surface area (Å²) in [6, 6.07) is 5.53. The number of benzene rings is 1. The molecule has 8 heteroatoms. The van der Waals surface area contributed by atoms with E-state index in [9.17, 15) is 17.6 Å². The molecule has 1 aliphatic heterocycles. The van der Waals surface area contributed by atoms with Gasteiger partial charge in [-0.1, -0.05) is 12.1 Å². The molecule has 1 aliphatic rings. The van der Waals surface area contributed by atoms with Crippen LogP contribution in [0.4, 0.5) is 9.18 Å². The highest BCUT2D eigenvalue weighted by Crippen LogP contribution is 2.13. The molecule has 1 atom stereocenters. The van der Waals surface area contributed by atoms with Crippen molar-refractivity contribution in [1.29, 1.82) is 0 Å². The first-order valence-corrected chi connectivity index (χ1v) is 8.83. The Hall–Kier alpha value is -1.67. The lowest BCUT2D eigenvalue weighted by atomic mass is 10.0. The fourth-order valence-electron chi connectivity index (χ4n) is 2.39. The minimum atomic E-state index is -3.34. The Kier molecular flexibility index (Phi) is 5.36. The van der Waals surface area contributed by atoms with Crippen LogP contribution in [0.5, 0.6) is 0 Å². The predicted molar refractivity (Wildman–Crippen MR) is 81.5 cm³/mol. The van der Waals surface area contributed by atoms with Crippen LogP contribution in [0, 0.1) is 5.82 Å². The zero-order chi connectivity index (χ0) is 16.2. The molecule has 1 fully saturated rings. The molecular weight excluding hydrogens is 309 g/mol. The van der Waals surface area contributed by atoms with Crippen LogP contribution in [-0.2, 0) is 16.4 Å². The lowest BCUT2D eigenvalue weighted by Gasteiger charge is -2.27. The number of sulfonamides is 1. The van der Waals surface area contributed by atoms with E-state index >= 15 is 0 Å². The van der Waals surface area contributed by atoms with Crippen LogP contribution < -0.4 is 10.0 Å². The van der Waals surface area contributed by atoms with E-state index in [-0.39, 0.29) is 30.2 Å². The van der Waals surface area contributed by atoms with Crippen molar-refractivity contribution in [1.82, 2.24) is 14.9 Å². The minimum absolute atomic E-state index is 0.0219. The van der Waals surface area contributed by atoms with Gasteiger partial charge in [0.1, 0.15) is 5.82 Å². The van der Waals surface area contributed by atoms with Crippen molar-refractivity contribution in [2.24, 2.45) is 0 Å². The van der Waals surface area contributed by atoms with Crippen LogP contribution in [-0.4, -0.2) is 50.8 Å². The highest BCUT2D eigenvalue weighted by Gasteiger charge is 2.28. The van der Waals surface area contributed by atoms with Gasteiger partial charge < -0.3 is 10.2 Å². The van der Waals surface area contributed by atoms with Gasteiger partial charge >= 0.3 is 6.03 Å². The lowest BCUT2D eigenvalue weighted by molar-refractivity contribution is 0.197. The first-order chi connectivity index (χ1) is 10.4. The maximum atomic E-state index is 13.3. The van der Waals surface area contributed by atoms with Gasteiger partial charge in [0.2, 0.25) is 10.0 Å². The van der Waals surface area contributed by atoms with Gasteiger partial charge in [-0.25, -0.2) is 22.3 Å². The number of nitrogens with zero attached hydrogens (tertiary/aromatic N) is 1. The molecule has 1 aromatic rings. The van der Waals surface area contributed by atoms with Gasteiger partial charge in [-0.3, -0.25) is 0 Å². The van der Waals surface area contributed by atoms with Gasteiger partial charge in [-0.05, 0) is 31.0 Å². The summed E-state index contributed by atoms with van der Waals surface area (Å²) in [7, 11) is -3.34. The molecule has 0 radical (unpaired) electrons. The standard InChI is InChI=1S/C14H20FN3O3S/c1-2-22(20,21)17-10-13(18-7-6-16-14(18)19)9-11-4-3-5-12(15)8-11/h3-5,8,13,17H,2,6-7,9-10H2,1H3,(H,16,19)/t13-/m1/s1. The van der Waals surface area contributed by atoms with Crippen LogP contribution in [0.25, 0.3) is 0 Å². The zero-order valence-corrected chi connectivity index (χ0v) is 13.2. The Balaban J connectivity index is 2.12. The number of nitrogens with one attached hydrogen (secondary N) is 2. The fourth-order valence-corrected chi connectivity index (χ4v) is 3.04. The van der Waals surface area contributed by atoms with Crippen molar-refractivity contribution in [2.75, 3.05) is 25.4 Å². The average molecular weight is 329 g/mol. The zero-order valence-electron chi connectivity index (χ0n) is 12.4. The molecule has 6 nitrogen and oxygen atoms in total. The summed E-state index contributed by atoms with van der Waals surface area (Å²) >= 11 is 0. The first-order valence-electron chi connectivity index (χ1n) is 7.17. The number of carbonyl (C=O) groups excluding carboxylic acids is 1. The summed E-state index contributed by atoms with van der Waals surface area (Å²) in [4.78, 5) is 13.4. The summed E-state index contributed by atoms with van der Waals surface area (Å²) < 4.78 is 39.0. The van der Waals surface area contributed by atoms with E-state index < -0.39 is 10.0 Å². The van der Waals surface area contributed by atoms with Gasteiger partial charge in [-0.2, -0.15) is 0 Å². The summed E-state index contributed by atoms with van der Waals surface area (Å²) in [5.41, 5.74) is 0.723. The number of hydrogen-bond donors (Lipinski definition) is 2. The van der Waals surface area contributed by atoms with E-state index in [1.165, 1.54) is 12.1 Å². The molecule has 0 aromatic heterocycles. The normalized spacial score (nSPS) is 16.6. The summed E-state index contributed by atoms with van der Waals surface area (Å²) in [6.45, 7) is 2.69. The Morgan fingerprint density at radius 3 is 2.82 bits per heavy atom. The van der Waals surface area contributed by atoms with Crippen LogP contribution in [0.15, 0.2) is 24.3 Å². The van der Waals surface area contributed by atoms with Gasteiger partial charge in [0.05, 0.1) is 11.8 Å². The monoisotopic (exact) mass is 329 g/mol. The Morgan fingerprint density at radius 1 is 1.45 bits per heavy atom. The van der Waals surface area contributed by atoms with Crippen LogP contribution in [0.2, 0.25) is 0 Å². The second-order valence-corrected chi connectivity index (χ2v) is 7.26. The predicted octanol–water partition coefficient (Wildman–Crippen LogP) is 0.701. The van der Waals surface area contributed by atoms with Crippen molar-refractivity contribution >= 4 is 16.1 Å². The second kappa shape index (κ2) is 7.06. The third-order valence-corrected chi connectivity index (χ3v) is 4.98. The molecule has 0 spiro atoms. The van der Waals surface area contributed by atoms with Crippen LogP contribution in [0.3, 0.4) is 0 Å². The molecule has 1 heterocycles. The third kappa shape index (κ3) is 4.41. The maximum absolute atomic E-state index is 13.3. The summed E-state index contributed by atoms with van der Waals surface area (Å²) in [5, 5.41) is 2.69. The second-order valence-electron chi connectivity index (χ2n) is 5.17. The first kappa shape index (κ1) is 16.7. The van der Waals surface area contributed by atoms with Gasteiger partial charge in [-0.15, -0.1) is 0 Å². The molecule has 0 saturated carbocycles. The largest absolute Gasteiger partial charge is 0.336 e. The van der Waals surface area contributed by atoms with E-state index in [1.807, 2.05) is 0 Å². The molecule has 2 rings (SSSR count). The number of halogens is 1. The molecule has 122 valence electrons. The molecule has 2 amide bonds. The molecule has 1 aromatic carbocycles.